The number of hydrogen-bond donors (Lipinski definition) is 1. The van der Waals surface area contributed by atoms with Crippen LogP contribution in [-0.2, 0) is 9.53 Å². The third-order valence-corrected chi connectivity index (χ3v) is 4.85. The maximum absolute atomic E-state index is 11.7. The van der Waals surface area contributed by atoms with Gasteiger partial charge < -0.3 is 10.1 Å². The summed E-state index contributed by atoms with van der Waals surface area (Å²) >= 11 is 1.59. The average molecular weight is 257 g/mol. The normalized spacial score (nSPS) is 30.2. The Morgan fingerprint density at radius 3 is 2.76 bits per heavy atom. The molecule has 0 bridgehead atoms. The summed E-state index contributed by atoms with van der Waals surface area (Å²) in [5.74, 6) is 0.759. The quantitative estimate of drug-likeness (QED) is 0.820. The van der Waals surface area contributed by atoms with E-state index in [2.05, 4.69) is 12.2 Å². The van der Waals surface area contributed by atoms with Gasteiger partial charge in [0.05, 0.1) is 11.9 Å². The van der Waals surface area contributed by atoms with Gasteiger partial charge in [-0.2, -0.15) is 11.8 Å². The minimum Gasteiger partial charge on any atom is -0.378 e. The second-order valence-electron chi connectivity index (χ2n) is 5.17. The van der Waals surface area contributed by atoms with Crippen LogP contribution >= 0.6 is 11.8 Å². The Bertz CT molecular complexity index is 277. The largest absolute Gasteiger partial charge is 0.378 e. The monoisotopic (exact) mass is 257 g/mol. The lowest BCUT2D eigenvalue weighted by Gasteiger charge is -2.54. The molecule has 2 aliphatic carbocycles. The van der Waals surface area contributed by atoms with Crippen LogP contribution in [-0.4, -0.2) is 36.7 Å². The first-order chi connectivity index (χ1) is 8.23. The van der Waals surface area contributed by atoms with Gasteiger partial charge in [-0.1, -0.05) is 12.8 Å². The smallest absolute Gasteiger partial charge is 0.230 e. The molecular weight excluding hydrogens is 234 g/mol. The molecule has 0 aromatic heterocycles. The van der Waals surface area contributed by atoms with Crippen LogP contribution in [0.4, 0.5) is 0 Å². The molecule has 0 aromatic carbocycles. The van der Waals surface area contributed by atoms with Gasteiger partial charge >= 0.3 is 0 Å². The van der Waals surface area contributed by atoms with Gasteiger partial charge in [0.1, 0.15) is 0 Å². The number of thioether (sulfide) groups is 1. The van der Waals surface area contributed by atoms with Crippen LogP contribution in [0.3, 0.4) is 0 Å². The van der Waals surface area contributed by atoms with E-state index in [4.69, 9.17) is 4.74 Å². The van der Waals surface area contributed by atoms with Crippen LogP contribution in [0.5, 0.6) is 0 Å². The van der Waals surface area contributed by atoms with Gasteiger partial charge in [-0.25, -0.2) is 0 Å². The zero-order chi connectivity index (χ0) is 12.3. The highest BCUT2D eigenvalue weighted by atomic mass is 32.2. The first kappa shape index (κ1) is 13.2. The van der Waals surface area contributed by atoms with Crippen molar-refractivity contribution < 1.29 is 9.53 Å². The summed E-state index contributed by atoms with van der Waals surface area (Å²) < 4.78 is 5.83. The van der Waals surface area contributed by atoms with Crippen molar-refractivity contribution in [1.82, 2.24) is 5.32 Å². The summed E-state index contributed by atoms with van der Waals surface area (Å²) in [7, 11) is 0. The number of rotatable bonds is 5. The summed E-state index contributed by atoms with van der Waals surface area (Å²) in [5, 5.41) is 3.20. The molecule has 2 saturated carbocycles. The van der Waals surface area contributed by atoms with Crippen LogP contribution in [0.25, 0.3) is 0 Å². The molecule has 4 heteroatoms. The summed E-state index contributed by atoms with van der Waals surface area (Å²) in [6.45, 7) is 2.85. The van der Waals surface area contributed by atoms with Crippen molar-refractivity contribution in [2.75, 3.05) is 18.6 Å². The van der Waals surface area contributed by atoms with Gasteiger partial charge in [0.2, 0.25) is 5.91 Å². The molecule has 0 radical (unpaired) electrons. The predicted molar refractivity (Wildman–Crippen MR) is 71.2 cm³/mol. The van der Waals surface area contributed by atoms with Crippen molar-refractivity contribution in [3.63, 3.8) is 0 Å². The minimum absolute atomic E-state index is 0.184. The fourth-order valence-electron chi connectivity index (χ4n) is 3.46. The van der Waals surface area contributed by atoms with Crippen LogP contribution in [0.15, 0.2) is 0 Å². The fourth-order valence-corrected chi connectivity index (χ4v) is 3.80. The van der Waals surface area contributed by atoms with Crippen molar-refractivity contribution in [3.05, 3.63) is 0 Å². The van der Waals surface area contributed by atoms with Crippen molar-refractivity contribution in [3.8, 4) is 0 Å². The zero-order valence-electron chi connectivity index (χ0n) is 10.8. The molecule has 0 aliphatic heterocycles. The molecule has 2 atom stereocenters. The first-order valence-electron chi connectivity index (χ1n) is 6.63. The highest BCUT2D eigenvalue weighted by molar-refractivity contribution is 7.99. The number of amides is 1. The van der Waals surface area contributed by atoms with E-state index in [1.54, 1.807) is 11.8 Å². The second kappa shape index (κ2) is 5.61. The van der Waals surface area contributed by atoms with E-state index < -0.39 is 0 Å². The number of ether oxygens (including phenoxy) is 1. The molecule has 0 aromatic rings. The third kappa shape index (κ3) is 2.48. The summed E-state index contributed by atoms with van der Waals surface area (Å²) in [5.41, 5.74) is 0.268. The summed E-state index contributed by atoms with van der Waals surface area (Å²) in [6.07, 6.45) is 8.39. The van der Waals surface area contributed by atoms with Crippen molar-refractivity contribution in [1.29, 1.82) is 0 Å². The third-order valence-electron chi connectivity index (χ3n) is 4.30. The molecule has 3 nitrogen and oxygen atoms in total. The molecule has 98 valence electrons. The van der Waals surface area contributed by atoms with Crippen molar-refractivity contribution >= 4 is 17.7 Å². The van der Waals surface area contributed by atoms with Gasteiger partial charge in [-0.15, -0.1) is 0 Å². The Kier molecular flexibility index (Phi) is 4.36. The average Bonchev–Trinajstić information content (AvgIpc) is 2.80. The molecule has 1 spiro atoms. The lowest BCUT2D eigenvalue weighted by molar-refractivity contribution is -0.142. The molecular formula is C13H23NO2S. The van der Waals surface area contributed by atoms with Gasteiger partial charge in [0, 0.05) is 18.1 Å². The summed E-state index contributed by atoms with van der Waals surface area (Å²) in [6, 6.07) is 0.362. The molecule has 2 aliphatic rings. The van der Waals surface area contributed by atoms with E-state index in [0.29, 0.717) is 17.9 Å². The molecule has 2 fully saturated rings. The fraction of sp³-hybridized carbons (Fsp3) is 0.923. The SMILES string of the molecule is CCO[C@@H]1C[C@@H](NC(=O)CSC)C12CCCC2. The summed E-state index contributed by atoms with van der Waals surface area (Å²) in [4.78, 5) is 11.7. The standard InChI is InChI=1S/C13H23NO2S/c1-3-16-11-8-10(14-12(15)9-17-2)13(11)6-4-5-7-13/h10-11H,3-9H2,1-2H3,(H,14,15)/t10-,11-/m1/s1. The van der Waals surface area contributed by atoms with Gasteiger partial charge in [-0.05, 0) is 32.4 Å². The minimum atomic E-state index is 0.184. The Hall–Kier alpha value is -0.220. The number of carbonyl (C=O) groups is 1. The molecule has 0 saturated heterocycles. The zero-order valence-corrected chi connectivity index (χ0v) is 11.6. The van der Waals surface area contributed by atoms with E-state index in [9.17, 15) is 4.79 Å². The van der Waals surface area contributed by atoms with E-state index in [1.807, 2.05) is 6.26 Å². The van der Waals surface area contributed by atoms with E-state index in [0.717, 1.165) is 13.0 Å². The topological polar surface area (TPSA) is 38.3 Å². The maximum Gasteiger partial charge on any atom is 0.230 e. The molecule has 2 rings (SSSR count). The van der Waals surface area contributed by atoms with Crippen LogP contribution in [0, 0.1) is 5.41 Å². The van der Waals surface area contributed by atoms with Gasteiger partial charge in [0.25, 0.3) is 0 Å². The second-order valence-corrected chi connectivity index (χ2v) is 6.04. The predicted octanol–water partition coefficient (Wildman–Crippen LogP) is 2.20. The first-order valence-corrected chi connectivity index (χ1v) is 8.02. The molecule has 1 amide bonds. The molecule has 17 heavy (non-hydrogen) atoms. The van der Waals surface area contributed by atoms with Crippen LogP contribution in [0.1, 0.15) is 39.0 Å². The van der Waals surface area contributed by atoms with Crippen molar-refractivity contribution in [2.24, 2.45) is 5.41 Å². The Balaban J connectivity index is 1.93. The molecule has 0 unspecified atom stereocenters. The molecule has 1 N–H and O–H groups in total. The maximum atomic E-state index is 11.7. The van der Waals surface area contributed by atoms with E-state index in [1.165, 1.54) is 25.7 Å². The van der Waals surface area contributed by atoms with Gasteiger partial charge in [0.15, 0.2) is 0 Å². The Morgan fingerprint density at radius 1 is 1.47 bits per heavy atom. The number of hydrogen-bond acceptors (Lipinski definition) is 3. The Labute approximate surface area is 108 Å². The highest BCUT2D eigenvalue weighted by Gasteiger charge is 2.57. The van der Waals surface area contributed by atoms with Crippen molar-refractivity contribution in [2.45, 2.75) is 51.2 Å². The van der Waals surface area contributed by atoms with Gasteiger partial charge in [-0.3, -0.25) is 4.79 Å². The lowest BCUT2D eigenvalue weighted by atomic mass is 9.60. The van der Waals surface area contributed by atoms with E-state index in [-0.39, 0.29) is 11.3 Å². The Morgan fingerprint density at radius 2 is 2.18 bits per heavy atom. The van der Waals surface area contributed by atoms with Crippen LogP contribution in [0.2, 0.25) is 0 Å². The number of carbonyl (C=O) groups excluding carboxylic acids is 1. The lowest BCUT2D eigenvalue weighted by Crippen LogP contribution is -2.63. The molecule has 0 heterocycles. The van der Waals surface area contributed by atoms with E-state index >= 15 is 0 Å². The number of nitrogens with one attached hydrogen (secondary N) is 1. The van der Waals surface area contributed by atoms with Crippen LogP contribution < -0.4 is 5.32 Å². The highest BCUT2D eigenvalue weighted by Crippen LogP contribution is 2.54.